The maximum atomic E-state index is 11.4. The summed E-state index contributed by atoms with van der Waals surface area (Å²) in [6.07, 6.45) is 2.71. The van der Waals surface area contributed by atoms with Crippen LogP contribution in [0.3, 0.4) is 0 Å². The highest BCUT2D eigenvalue weighted by Gasteiger charge is 2.17. The van der Waals surface area contributed by atoms with E-state index in [9.17, 15) is 13.2 Å². The van der Waals surface area contributed by atoms with E-state index >= 15 is 0 Å². The SMILES string of the molecule is O=C(CCCS(=O)(=O)Cl)N1CCCC1. The molecule has 0 bridgehead atoms. The molecule has 0 aromatic heterocycles. The average Bonchev–Trinajstić information content (AvgIpc) is 2.53. The van der Waals surface area contributed by atoms with Crippen molar-refractivity contribution in [1.82, 2.24) is 4.90 Å². The predicted octanol–water partition coefficient (Wildman–Crippen LogP) is 0.958. The molecule has 14 heavy (non-hydrogen) atoms. The van der Waals surface area contributed by atoms with Gasteiger partial charge in [0.05, 0.1) is 5.75 Å². The summed E-state index contributed by atoms with van der Waals surface area (Å²) < 4.78 is 21.1. The van der Waals surface area contributed by atoms with Crippen molar-refractivity contribution < 1.29 is 13.2 Å². The van der Waals surface area contributed by atoms with Crippen LogP contribution in [0.15, 0.2) is 0 Å². The van der Waals surface area contributed by atoms with Gasteiger partial charge in [-0.1, -0.05) is 0 Å². The van der Waals surface area contributed by atoms with Crippen molar-refractivity contribution in [1.29, 1.82) is 0 Å². The maximum Gasteiger partial charge on any atom is 0.232 e. The van der Waals surface area contributed by atoms with Crippen molar-refractivity contribution in [3.05, 3.63) is 0 Å². The number of carbonyl (C=O) groups excluding carboxylic acids is 1. The molecule has 1 heterocycles. The fraction of sp³-hybridized carbons (Fsp3) is 0.875. The molecule has 1 aliphatic rings. The van der Waals surface area contributed by atoms with Gasteiger partial charge in [0.25, 0.3) is 0 Å². The van der Waals surface area contributed by atoms with Crippen molar-refractivity contribution in [2.45, 2.75) is 25.7 Å². The highest BCUT2D eigenvalue weighted by atomic mass is 35.7. The van der Waals surface area contributed by atoms with Crippen LogP contribution in [-0.4, -0.2) is 38.1 Å². The Kier molecular flexibility index (Phi) is 4.19. The lowest BCUT2D eigenvalue weighted by molar-refractivity contribution is -0.130. The first-order chi connectivity index (χ1) is 6.49. The fourth-order valence-electron chi connectivity index (χ4n) is 1.52. The number of nitrogens with zero attached hydrogens (tertiary/aromatic N) is 1. The van der Waals surface area contributed by atoms with Crippen molar-refractivity contribution in [3.63, 3.8) is 0 Å². The summed E-state index contributed by atoms with van der Waals surface area (Å²) in [7, 11) is 1.58. The van der Waals surface area contributed by atoms with Gasteiger partial charge in [-0.2, -0.15) is 0 Å². The molecule has 0 radical (unpaired) electrons. The molecule has 0 aromatic rings. The van der Waals surface area contributed by atoms with E-state index in [0.717, 1.165) is 25.9 Å². The largest absolute Gasteiger partial charge is 0.343 e. The number of likely N-dealkylation sites (tertiary alicyclic amines) is 1. The second-order valence-corrected chi connectivity index (χ2v) is 6.33. The van der Waals surface area contributed by atoms with E-state index in [4.69, 9.17) is 10.7 Å². The highest BCUT2D eigenvalue weighted by molar-refractivity contribution is 8.13. The van der Waals surface area contributed by atoms with E-state index in [0.29, 0.717) is 6.42 Å². The molecule has 1 aliphatic heterocycles. The van der Waals surface area contributed by atoms with Gasteiger partial charge in [0.2, 0.25) is 15.0 Å². The van der Waals surface area contributed by atoms with Gasteiger partial charge in [0.15, 0.2) is 0 Å². The average molecular weight is 240 g/mol. The molecular formula is C8H14ClNO3S. The Morgan fingerprint density at radius 2 is 1.86 bits per heavy atom. The number of hydrogen-bond donors (Lipinski definition) is 0. The topological polar surface area (TPSA) is 54.5 Å². The second-order valence-electron chi connectivity index (χ2n) is 3.43. The van der Waals surface area contributed by atoms with Crippen molar-refractivity contribution in [3.8, 4) is 0 Å². The lowest BCUT2D eigenvalue weighted by atomic mass is 10.3. The Labute approximate surface area is 88.6 Å². The molecule has 1 saturated heterocycles. The smallest absolute Gasteiger partial charge is 0.232 e. The van der Waals surface area contributed by atoms with Crippen LogP contribution in [0.25, 0.3) is 0 Å². The van der Waals surface area contributed by atoms with E-state index in [1.807, 2.05) is 0 Å². The third-order valence-corrected chi connectivity index (χ3v) is 3.48. The lowest BCUT2D eigenvalue weighted by Gasteiger charge is -2.14. The Morgan fingerprint density at radius 1 is 1.29 bits per heavy atom. The lowest BCUT2D eigenvalue weighted by Crippen LogP contribution is -2.27. The molecular weight excluding hydrogens is 226 g/mol. The van der Waals surface area contributed by atoms with Gasteiger partial charge in [0.1, 0.15) is 0 Å². The van der Waals surface area contributed by atoms with Gasteiger partial charge in [-0.05, 0) is 19.3 Å². The van der Waals surface area contributed by atoms with Crippen LogP contribution in [0.4, 0.5) is 0 Å². The van der Waals surface area contributed by atoms with Gasteiger partial charge in [-0.25, -0.2) is 8.42 Å². The highest BCUT2D eigenvalue weighted by Crippen LogP contribution is 2.10. The standard InChI is InChI=1S/C8H14ClNO3S/c9-14(12,13)7-3-4-8(11)10-5-1-2-6-10/h1-7H2. The molecule has 1 amide bonds. The quantitative estimate of drug-likeness (QED) is 0.687. The minimum atomic E-state index is -3.44. The Bertz CT molecular complexity index is 296. The van der Waals surface area contributed by atoms with Crippen LogP contribution in [0.1, 0.15) is 25.7 Å². The zero-order valence-electron chi connectivity index (χ0n) is 7.91. The first-order valence-electron chi connectivity index (χ1n) is 4.69. The number of carbonyl (C=O) groups is 1. The minimum absolute atomic E-state index is 0.0443. The zero-order chi connectivity index (χ0) is 10.6. The second kappa shape index (κ2) is 4.98. The van der Waals surface area contributed by atoms with Crippen LogP contribution >= 0.6 is 10.7 Å². The van der Waals surface area contributed by atoms with E-state index in [2.05, 4.69) is 0 Å². The summed E-state index contributed by atoms with van der Waals surface area (Å²) in [6, 6.07) is 0. The molecule has 0 spiro atoms. The summed E-state index contributed by atoms with van der Waals surface area (Å²) in [5, 5.41) is 0. The van der Waals surface area contributed by atoms with Gasteiger partial charge in [0, 0.05) is 30.2 Å². The minimum Gasteiger partial charge on any atom is -0.343 e. The first kappa shape index (κ1) is 11.8. The first-order valence-corrected chi connectivity index (χ1v) is 7.17. The number of rotatable bonds is 4. The van der Waals surface area contributed by atoms with Gasteiger partial charge in [-0.15, -0.1) is 0 Å². The fourth-order valence-corrected chi connectivity index (χ4v) is 2.34. The van der Waals surface area contributed by atoms with Crippen molar-refractivity contribution >= 4 is 25.6 Å². The maximum absolute atomic E-state index is 11.4. The Morgan fingerprint density at radius 3 is 2.36 bits per heavy atom. The molecule has 82 valence electrons. The third-order valence-electron chi connectivity index (χ3n) is 2.24. The summed E-state index contributed by atoms with van der Waals surface area (Å²) in [6.45, 7) is 1.62. The van der Waals surface area contributed by atoms with Crippen LogP contribution in [0.5, 0.6) is 0 Å². The molecule has 1 fully saturated rings. The number of hydrogen-bond acceptors (Lipinski definition) is 3. The van der Waals surface area contributed by atoms with Gasteiger partial charge < -0.3 is 4.90 Å². The summed E-state index contributed by atoms with van der Waals surface area (Å²) >= 11 is 0. The van der Waals surface area contributed by atoms with E-state index in [1.54, 1.807) is 4.90 Å². The molecule has 0 aromatic carbocycles. The molecule has 6 heteroatoms. The third kappa shape index (κ3) is 4.28. The van der Waals surface area contributed by atoms with E-state index in [-0.39, 0.29) is 18.1 Å². The van der Waals surface area contributed by atoms with Crippen molar-refractivity contribution in [2.24, 2.45) is 0 Å². The van der Waals surface area contributed by atoms with Crippen LogP contribution in [0, 0.1) is 0 Å². The predicted molar refractivity (Wildman–Crippen MR) is 54.7 cm³/mol. The Hall–Kier alpha value is -0.290. The molecule has 0 atom stereocenters. The molecule has 0 aliphatic carbocycles. The van der Waals surface area contributed by atoms with Crippen LogP contribution in [0.2, 0.25) is 0 Å². The molecule has 0 N–H and O–H groups in total. The van der Waals surface area contributed by atoms with E-state index in [1.165, 1.54) is 0 Å². The number of halogens is 1. The Balaban J connectivity index is 2.21. The van der Waals surface area contributed by atoms with Crippen LogP contribution < -0.4 is 0 Å². The zero-order valence-corrected chi connectivity index (χ0v) is 9.48. The van der Waals surface area contributed by atoms with Gasteiger partial charge >= 0.3 is 0 Å². The van der Waals surface area contributed by atoms with Crippen molar-refractivity contribution in [2.75, 3.05) is 18.8 Å². The van der Waals surface area contributed by atoms with Crippen LogP contribution in [-0.2, 0) is 13.8 Å². The van der Waals surface area contributed by atoms with E-state index < -0.39 is 9.05 Å². The molecule has 0 saturated carbocycles. The summed E-state index contributed by atoms with van der Waals surface area (Å²) in [5.74, 6) is -0.0727. The summed E-state index contributed by atoms with van der Waals surface area (Å²) in [4.78, 5) is 13.2. The van der Waals surface area contributed by atoms with Gasteiger partial charge in [-0.3, -0.25) is 4.79 Å². The normalized spacial score (nSPS) is 17.4. The number of amides is 1. The molecule has 1 rings (SSSR count). The monoisotopic (exact) mass is 239 g/mol. The molecule has 4 nitrogen and oxygen atoms in total. The summed E-state index contributed by atoms with van der Waals surface area (Å²) in [5.41, 5.74) is 0. The molecule has 0 unspecified atom stereocenters.